The third kappa shape index (κ3) is 2.68. The first-order valence-electron chi connectivity index (χ1n) is 6.83. The predicted octanol–water partition coefficient (Wildman–Crippen LogP) is 4.32. The van der Waals surface area contributed by atoms with Crippen molar-refractivity contribution in [1.29, 1.82) is 0 Å². The lowest BCUT2D eigenvalue weighted by Crippen LogP contribution is -2.46. The molecule has 0 atom stereocenters. The first-order valence-corrected chi connectivity index (χ1v) is 7.64. The first kappa shape index (κ1) is 14.1. The van der Waals surface area contributed by atoms with Crippen molar-refractivity contribution in [3.05, 3.63) is 66.0 Å². The quantitative estimate of drug-likeness (QED) is 0.914. The van der Waals surface area contributed by atoms with E-state index in [-0.39, 0.29) is 11.7 Å². The average molecular weight is 302 g/mol. The van der Waals surface area contributed by atoms with E-state index in [0.717, 1.165) is 17.3 Å². The molecule has 0 bridgehead atoms. The van der Waals surface area contributed by atoms with Gasteiger partial charge < -0.3 is 5.11 Å². The molecule has 0 spiro atoms. The molecule has 0 radical (unpaired) electrons. The Hall–Kier alpha value is -1.81. The van der Waals surface area contributed by atoms with Gasteiger partial charge in [0.1, 0.15) is 10.6 Å². The van der Waals surface area contributed by atoms with Crippen molar-refractivity contribution in [3.8, 4) is 0 Å². The molecule has 0 saturated heterocycles. The minimum atomic E-state index is -0.914. The number of carbonyl (C=O) groups is 1. The van der Waals surface area contributed by atoms with Crippen molar-refractivity contribution in [1.82, 2.24) is 0 Å². The second-order valence-corrected chi connectivity index (χ2v) is 6.77. The highest BCUT2D eigenvalue weighted by Crippen LogP contribution is 2.55. The largest absolute Gasteiger partial charge is 0.480 e. The van der Waals surface area contributed by atoms with Gasteiger partial charge in [0.15, 0.2) is 0 Å². The van der Waals surface area contributed by atoms with Crippen LogP contribution in [0.5, 0.6) is 0 Å². The Labute approximate surface area is 127 Å². The number of hydrogen-bond donors (Lipinski definition) is 1. The minimum absolute atomic E-state index is 0.238. The van der Waals surface area contributed by atoms with Gasteiger partial charge in [-0.1, -0.05) is 42.5 Å². The molecule has 2 aromatic rings. The van der Waals surface area contributed by atoms with Gasteiger partial charge in [0.05, 0.1) is 0 Å². The molecule has 1 aliphatic rings. The molecule has 108 valence electrons. The van der Waals surface area contributed by atoms with Crippen molar-refractivity contribution in [2.75, 3.05) is 0 Å². The van der Waals surface area contributed by atoms with Gasteiger partial charge in [-0.3, -0.25) is 4.79 Å². The lowest BCUT2D eigenvalue weighted by atomic mass is 9.70. The molecular weight excluding hydrogens is 287 g/mol. The molecule has 1 aliphatic carbocycles. The smallest absolute Gasteiger partial charge is 0.320 e. The predicted molar refractivity (Wildman–Crippen MR) is 81.0 cm³/mol. The van der Waals surface area contributed by atoms with Gasteiger partial charge in [-0.15, -0.1) is 11.8 Å². The third-order valence-electron chi connectivity index (χ3n) is 3.95. The molecule has 0 aromatic heterocycles. The van der Waals surface area contributed by atoms with Crippen molar-refractivity contribution in [2.45, 2.75) is 28.4 Å². The Morgan fingerprint density at radius 1 is 1.10 bits per heavy atom. The van der Waals surface area contributed by atoms with Crippen LogP contribution in [0, 0.1) is 5.82 Å². The molecule has 0 heterocycles. The molecule has 0 unspecified atom stereocenters. The summed E-state index contributed by atoms with van der Waals surface area (Å²) in [6.45, 7) is 0. The molecule has 0 aliphatic heterocycles. The van der Waals surface area contributed by atoms with Gasteiger partial charge in [-0.2, -0.15) is 0 Å². The van der Waals surface area contributed by atoms with Gasteiger partial charge in [0.2, 0.25) is 0 Å². The number of halogens is 1. The fraction of sp³-hybridized carbons (Fsp3) is 0.235. The monoisotopic (exact) mass is 302 g/mol. The first-order chi connectivity index (χ1) is 10.1. The van der Waals surface area contributed by atoms with E-state index >= 15 is 0 Å². The zero-order chi connectivity index (χ0) is 14.9. The summed E-state index contributed by atoms with van der Waals surface area (Å²) in [5.41, 5.74) is 1.16. The number of thioether (sulfide) groups is 1. The van der Waals surface area contributed by atoms with Crippen LogP contribution in [-0.2, 0) is 4.79 Å². The Morgan fingerprint density at radius 3 is 2.33 bits per heavy atom. The van der Waals surface area contributed by atoms with Crippen molar-refractivity contribution in [2.24, 2.45) is 0 Å². The molecule has 1 N–H and O–H groups in total. The molecule has 1 fully saturated rings. The minimum Gasteiger partial charge on any atom is -0.480 e. The van der Waals surface area contributed by atoms with Gasteiger partial charge in [0, 0.05) is 4.90 Å². The maximum absolute atomic E-state index is 13.8. The Morgan fingerprint density at radius 2 is 1.71 bits per heavy atom. The summed E-state index contributed by atoms with van der Waals surface area (Å²) in [4.78, 5) is 12.1. The Bertz CT molecular complexity index is 651. The van der Waals surface area contributed by atoms with Crippen LogP contribution in [0.15, 0.2) is 59.5 Å². The topological polar surface area (TPSA) is 37.3 Å². The van der Waals surface area contributed by atoms with Crippen LogP contribution in [0.4, 0.5) is 4.39 Å². The maximum atomic E-state index is 13.8. The van der Waals surface area contributed by atoms with E-state index in [1.165, 1.54) is 6.07 Å². The van der Waals surface area contributed by atoms with E-state index in [1.807, 2.05) is 30.3 Å². The van der Waals surface area contributed by atoms with Crippen molar-refractivity contribution < 1.29 is 14.3 Å². The zero-order valence-corrected chi connectivity index (χ0v) is 12.1. The molecule has 3 rings (SSSR count). The lowest BCUT2D eigenvalue weighted by molar-refractivity contribution is -0.142. The molecule has 2 nitrogen and oxygen atoms in total. The van der Waals surface area contributed by atoms with Crippen molar-refractivity contribution in [3.63, 3.8) is 0 Å². The number of hydrogen-bond acceptors (Lipinski definition) is 2. The summed E-state index contributed by atoms with van der Waals surface area (Å²) in [5, 5.41) is 9.56. The summed E-state index contributed by atoms with van der Waals surface area (Å²) in [6.07, 6.45) is 1.07. The highest BCUT2D eigenvalue weighted by Gasteiger charge is 2.52. The molecular formula is C17H15FO2S. The average Bonchev–Trinajstić information content (AvgIpc) is 2.45. The summed E-state index contributed by atoms with van der Waals surface area (Å²) in [6, 6.07) is 16.2. The summed E-state index contributed by atoms with van der Waals surface area (Å²) < 4.78 is 12.8. The van der Waals surface area contributed by atoms with E-state index in [0.29, 0.717) is 17.7 Å². The molecule has 21 heavy (non-hydrogen) atoms. The highest BCUT2D eigenvalue weighted by molar-refractivity contribution is 8.01. The van der Waals surface area contributed by atoms with Gasteiger partial charge >= 0.3 is 5.97 Å². The number of carboxylic acid groups (broad SMARTS) is 1. The van der Waals surface area contributed by atoms with Crippen LogP contribution >= 0.6 is 11.8 Å². The van der Waals surface area contributed by atoms with Crippen LogP contribution < -0.4 is 0 Å². The summed E-state index contributed by atoms with van der Waals surface area (Å²) in [5.74, 6) is -0.976. The van der Waals surface area contributed by atoms with E-state index in [1.54, 1.807) is 18.2 Å². The lowest BCUT2D eigenvalue weighted by Gasteiger charge is -2.44. The van der Waals surface area contributed by atoms with Gasteiger partial charge in [0.25, 0.3) is 0 Å². The molecule has 0 amide bonds. The standard InChI is InChI=1S/C17H15FO2S/c18-14-8-4-5-9-15(14)21-17(16(19)20)10-13(11-17)12-6-2-1-3-7-12/h1-9,13H,10-11H2,(H,19,20). The summed E-state index contributed by atoms with van der Waals surface area (Å²) >= 11 is 1.14. The van der Waals surface area contributed by atoms with E-state index < -0.39 is 10.7 Å². The summed E-state index contributed by atoms with van der Waals surface area (Å²) in [7, 11) is 0. The van der Waals surface area contributed by atoms with Crippen LogP contribution in [-0.4, -0.2) is 15.8 Å². The Kier molecular flexibility index (Phi) is 3.72. The van der Waals surface area contributed by atoms with Crippen molar-refractivity contribution >= 4 is 17.7 Å². The van der Waals surface area contributed by atoms with Crippen LogP contribution in [0.25, 0.3) is 0 Å². The molecule has 1 saturated carbocycles. The number of carboxylic acids is 1. The van der Waals surface area contributed by atoms with Gasteiger partial charge in [-0.25, -0.2) is 4.39 Å². The number of rotatable bonds is 4. The van der Waals surface area contributed by atoms with E-state index in [9.17, 15) is 14.3 Å². The second kappa shape index (κ2) is 5.53. The maximum Gasteiger partial charge on any atom is 0.320 e. The fourth-order valence-electron chi connectivity index (χ4n) is 2.74. The molecule has 2 aromatic carbocycles. The van der Waals surface area contributed by atoms with Crippen LogP contribution in [0.3, 0.4) is 0 Å². The van der Waals surface area contributed by atoms with Gasteiger partial charge in [-0.05, 0) is 36.5 Å². The normalized spacial score (nSPS) is 24.3. The van der Waals surface area contributed by atoms with Crippen LogP contribution in [0.2, 0.25) is 0 Å². The highest BCUT2D eigenvalue weighted by atomic mass is 32.2. The van der Waals surface area contributed by atoms with E-state index in [4.69, 9.17) is 0 Å². The second-order valence-electron chi connectivity index (χ2n) is 5.35. The third-order valence-corrected chi connectivity index (χ3v) is 5.40. The number of benzene rings is 2. The zero-order valence-electron chi connectivity index (χ0n) is 11.3. The SMILES string of the molecule is O=C(O)C1(Sc2ccccc2F)CC(c2ccccc2)C1. The molecule has 4 heteroatoms. The Balaban J connectivity index is 1.79. The fourth-order valence-corrected chi connectivity index (χ4v) is 4.13. The van der Waals surface area contributed by atoms with E-state index in [2.05, 4.69) is 0 Å². The number of aliphatic carboxylic acids is 1. The van der Waals surface area contributed by atoms with Crippen LogP contribution in [0.1, 0.15) is 24.3 Å².